The van der Waals surface area contributed by atoms with Gasteiger partial charge in [0.25, 0.3) is 10.0 Å². The van der Waals surface area contributed by atoms with Crippen LogP contribution in [-0.4, -0.2) is 54.8 Å². The number of halogens is 1. The fraction of sp³-hybridized carbons (Fsp3) is 0.269. The standard InChI is InChI=1S/C26H29FN2O7S/c1-18(17-36-20-11-9-19(33-2)10-12-20)28-26(30)16-29(23-8-6-5-7-22(23)27)37(31,32)21-13-14-24(34-3)25(15-21)35-4/h5-15,18H,16-17H2,1-4H3,(H,28,30). The Hall–Kier alpha value is -3.99. The minimum atomic E-state index is -4.37. The molecule has 9 nitrogen and oxygen atoms in total. The molecule has 0 aliphatic heterocycles. The number of nitrogens with one attached hydrogen (secondary N) is 1. The molecule has 0 heterocycles. The summed E-state index contributed by atoms with van der Waals surface area (Å²) >= 11 is 0. The van der Waals surface area contributed by atoms with Crippen molar-refractivity contribution in [2.45, 2.75) is 17.9 Å². The van der Waals surface area contributed by atoms with Crippen molar-refractivity contribution in [3.05, 3.63) is 72.5 Å². The van der Waals surface area contributed by atoms with Crippen LogP contribution in [0.2, 0.25) is 0 Å². The van der Waals surface area contributed by atoms with E-state index in [1.807, 2.05) is 0 Å². The molecular formula is C26H29FN2O7S. The minimum absolute atomic E-state index is 0.125. The van der Waals surface area contributed by atoms with Gasteiger partial charge in [-0.15, -0.1) is 0 Å². The summed E-state index contributed by atoms with van der Waals surface area (Å²) in [6, 6.07) is 15.8. The Balaban J connectivity index is 1.79. The highest BCUT2D eigenvalue weighted by molar-refractivity contribution is 7.92. The van der Waals surface area contributed by atoms with Crippen LogP contribution in [0.25, 0.3) is 0 Å². The number of carbonyl (C=O) groups excluding carboxylic acids is 1. The summed E-state index contributed by atoms with van der Waals surface area (Å²) < 4.78 is 63.8. The van der Waals surface area contributed by atoms with Gasteiger partial charge in [-0.05, 0) is 55.5 Å². The molecule has 0 aliphatic carbocycles. The largest absolute Gasteiger partial charge is 0.497 e. The summed E-state index contributed by atoms with van der Waals surface area (Å²) in [4.78, 5) is 12.7. The highest BCUT2D eigenvalue weighted by atomic mass is 32.2. The minimum Gasteiger partial charge on any atom is -0.497 e. The van der Waals surface area contributed by atoms with Gasteiger partial charge in [0.2, 0.25) is 5.91 Å². The van der Waals surface area contributed by atoms with E-state index in [0.29, 0.717) is 17.2 Å². The van der Waals surface area contributed by atoms with Gasteiger partial charge in [0.1, 0.15) is 30.5 Å². The third kappa shape index (κ3) is 6.82. The first-order chi connectivity index (χ1) is 17.7. The molecule has 3 rings (SSSR count). The Morgan fingerprint density at radius 2 is 1.57 bits per heavy atom. The van der Waals surface area contributed by atoms with Crippen molar-refractivity contribution < 1.29 is 36.6 Å². The van der Waals surface area contributed by atoms with Crippen molar-refractivity contribution in [1.82, 2.24) is 5.32 Å². The quantitative estimate of drug-likeness (QED) is 0.380. The van der Waals surface area contributed by atoms with Gasteiger partial charge < -0.3 is 24.3 Å². The van der Waals surface area contributed by atoms with Gasteiger partial charge in [0.05, 0.1) is 38.0 Å². The van der Waals surface area contributed by atoms with Crippen molar-refractivity contribution in [3.63, 3.8) is 0 Å². The van der Waals surface area contributed by atoms with Crippen LogP contribution >= 0.6 is 0 Å². The van der Waals surface area contributed by atoms with E-state index in [9.17, 15) is 17.6 Å². The van der Waals surface area contributed by atoms with Gasteiger partial charge in [-0.3, -0.25) is 9.10 Å². The van der Waals surface area contributed by atoms with Gasteiger partial charge in [-0.25, -0.2) is 12.8 Å². The fourth-order valence-electron chi connectivity index (χ4n) is 3.44. The summed E-state index contributed by atoms with van der Waals surface area (Å²) in [5.74, 6) is 0.310. The van der Waals surface area contributed by atoms with Gasteiger partial charge >= 0.3 is 0 Å². The maximum absolute atomic E-state index is 14.7. The van der Waals surface area contributed by atoms with E-state index in [2.05, 4.69) is 5.32 Å². The summed E-state index contributed by atoms with van der Waals surface area (Å²) in [5.41, 5.74) is -0.269. The van der Waals surface area contributed by atoms with Gasteiger partial charge in [-0.2, -0.15) is 0 Å². The molecule has 11 heteroatoms. The number of methoxy groups -OCH3 is 3. The molecule has 1 atom stereocenters. The van der Waals surface area contributed by atoms with E-state index >= 15 is 0 Å². The number of carbonyl (C=O) groups is 1. The molecule has 1 unspecified atom stereocenters. The number of hydrogen-bond donors (Lipinski definition) is 1. The Kier molecular flexibility index (Phi) is 9.18. The van der Waals surface area contributed by atoms with Crippen molar-refractivity contribution in [3.8, 4) is 23.0 Å². The van der Waals surface area contributed by atoms with Crippen molar-refractivity contribution in [2.75, 3.05) is 38.8 Å². The lowest BCUT2D eigenvalue weighted by Gasteiger charge is -2.25. The van der Waals surface area contributed by atoms with E-state index < -0.39 is 34.3 Å². The molecule has 1 amide bonds. The number of para-hydroxylation sites is 1. The average molecular weight is 533 g/mol. The van der Waals surface area contributed by atoms with Crippen molar-refractivity contribution in [1.29, 1.82) is 0 Å². The monoisotopic (exact) mass is 532 g/mol. The third-order valence-electron chi connectivity index (χ3n) is 5.32. The zero-order valence-corrected chi connectivity index (χ0v) is 21.8. The third-order valence-corrected chi connectivity index (χ3v) is 7.07. The number of benzene rings is 3. The molecule has 0 aromatic heterocycles. The predicted octanol–water partition coefficient (Wildman–Crippen LogP) is 3.63. The molecule has 0 radical (unpaired) electrons. The number of sulfonamides is 1. The molecule has 0 saturated carbocycles. The molecule has 3 aromatic carbocycles. The molecule has 0 saturated heterocycles. The predicted molar refractivity (Wildman–Crippen MR) is 137 cm³/mol. The zero-order valence-electron chi connectivity index (χ0n) is 20.9. The summed E-state index contributed by atoms with van der Waals surface area (Å²) in [5, 5.41) is 2.69. The topological polar surface area (TPSA) is 103 Å². The molecule has 3 aromatic rings. The second-order valence-electron chi connectivity index (χ2n) is 7.93. The van der Waals surface area contributed by atoms with Gasteiger partial charge in [0.15, 0.2) is 11.5 Å². The number of ether oxygens (including phenoxy) is 4. The highest BCUT2D eigenvalue weighted by Gasteiger charge is 2.30. The van der Waals surface area contributed by atoms with Crippen LogP contribution < -0.4 is 28.6 Å². The van der Waals surface area contributed by atoms with Crippen LogP contribution in [0.4, 0.5) is 10.1 Å². The van der Waals surface area contributed by atoms with Gasteiger partial charge in [0, 0.05) is 6.07 Å². The highest BCUT2D eigenvalue weighted by Crippen LogP contribution is 2.32. The van der Waals surface area contributed by atoms with Crippen molar-refractivity contribution >= 4 is 21.6 Å². The van der Waals surface area contributed by atoms with Crippen LogP contribution in [0, 0.1) is 5.82 Å². The Morgan fingerprint density at radius 3 is 2.19 bits per heavy atom. The Morgan fingerprint density at radius 1 is 0.919 bits per heavy atom. The van der Waals surface area contributed by atoms with Gasteiger partial charge in [-0.1, -0.05) is 12.1 Å². The lowest BCUT2D eigenvalue weighted by molar-refractivity contribution is -0.120. The lowest BCUT2D eigenvalue weighted by Crippen LogP contribution is -2.45. The second-order valence-corrected chi connectivity index (χ2v) is 9.80. The molecule has 0 aliphatic rings. The fourth-order valence-corrected chi connectivity index (χ4v) is 4.89. The number of amides is 1. The molecule has 0 fully saturated rings. The van der Waals surface area contributed by atoms with Crippen LogP contribution in [-0.2, 0) is 14.8 Å². The van der Waals surface area contributed by atoms with Crippen molar-refractivity contribution in [2.24, 2.45) is 0 Å². The molecule has 0 bridgehead atoms. The number of anilines is 1. The molecule has 1 N–H and O–H groups in total. The molecule has 0 spiro atoms. The van der Waals surface area contributed by atoms with E-state index in [1.165, 1.54) is 50.6 Å². The smallest absolute Gasteiger partial charge is 0.265 e. The molecule has 198 valence electrons. The normalized spacial score (nSPS) is 11.8. The Labute approximate surface area is 215 Å². The first kappa shape index (κ1) is 27.6. The second kappa shape index (κ2) is 12.3. The first-order valence-corrected chi connectivity index (χ1v) is 12.7. The van der Waals surface area contributed by atoms with Crippen LogP contribution in [0.1, 0.15) is 6.92 Å². The summed E-state index contributed by atoms with van der Waals surface area (Å²) in [6.45, 7) is 1.17. The SMILES string of the molecule is COc1ccc(OCC(C)NC(=O)CN(c2ccccc2F)S(=O)(=O)c2ccc(OC)c(OC)c2)cc1. The lowest BCUT2D eigenvalue weighted by atomic mass is 10.3. The number of hydrogen-bond acceptors (Lipinski definition) is 7. The number of rotatable bonds is 12. The summed E-state index contributed by atoms with van der Waals surface area (Å²) in [7, 11) is -0.0292. The summed E-state index contributed by atoms with van der Waals surface area (Å²) in [6.07, 6.45) is 0. The molecular weight excluding hydrogens is 503 g/mol. The number of nitrogens with zero attached hydrogens (tertiary/aromatic N) is 1. The average Bonchev–Trinajstić information content (AvgIpc) is 2.90. The van der Waals surface area contributed by atoms with Crippen LogP contribution in [0.3, 0.4) is 0 Å². The maximum atomic E-state index is 14.7. The first-order valence-electron chi connectivity index (χ1n) is 11.2. The van der Waals surface area contributed by atoms with E-state index in [1.54, 1.807) is 38.3 Å². The maximum Gasteiger partial charge on any atom is 0.265 e. The van der Waals surface area contributed by atoms with E-state index in [-0.39, 0.29) is 22.9 Å². The Bertz CT molecular complexity index is 1320. The van der Waals surface area contributed by atoms with E-state index in [4.69, 9.17) is 18.9 Å². The molecule has 37 heavy (non-hydrogen) atoms. The van der Waals surface area contributed by atoms with Crippen LogP contribution in [0.5, 0.6) is 23.0 Å². The van der Waals surface area contributed by atoms with E-state index in [0.717, 1.165) is 10.4 Å². The zero-order chi connectivity index (χ0) is 27.0. The van der Waals surface area contributed by atoms with Crippen LogP contribution in [0.15, 0.2) is 71.6 Å².